The van der Waals surface area contributed by atoms with E-state index < -0.39 is 0 Å². The van der Waals surface area contributed by atoms with E-state index in [1.165, 1.54) is 98.7 Å². The molecule has 1 aromatic heterocycles. The summed E-state index contributed by atoms with van der Waals surface area (Å²) in [4.78, 5) is 0. The third kappa shape index (κ3) is 4.85. The van der Waals surface area contributed by atoms with Gasteiger partial charge in [0.2, 0.25) is 0 Å². The second-order valence-electron chi connectivity index (χ2n) is 17.4. The number of fused-ring (bicyclic) bond motifs is 13. The molecule has 0 atom stereocenters. The summed E-state index contributed by atoms with van der Waals surface area (Å²) in [5.74, 6) is 0. The minimum atomic E-state index is -0.196. The van der Waals surface area contributed by atoms with Gasteiger partial charge in [-0.25, -0.2) is 0 Å². The van der Waals surface area contributed by atoms with E-state index in [0.717, 1.165) is 33.1 Å². The van der Waals surface area contributed by atoms with Crippen molar-refractivity contribution in [3.8, 4) is 55.6 Å². The molecule has 0 unspecified atom stereocenters. The number of hydrogen-bond acceptors (Lipinski definition) is 1. The van der Waals surface area contributed by atoms with Crippen molar-refractivity contribution < 1.29 is 4.42 Å². The number of rotatable bonds is 4. The lowest BCUT2D eigenvalue weighted by molar-refractivity contribution is 0.668. The fourth-order valence-corrected chi connectivity index (χ4v) is 11.3. The van der Waals surface area contributed by atoms with Crippen molar-refractivity contribution in [2.45, 2.75) is 19.3 Å². The summed E-state index contributed by atoms with van der Waals surface area (Å²) in [6.45, 7) is 4.84. The van der Waals surface area contributed by atoms with E-state index in [1.807, 2.05) is 6.07 Å². The van der Waals surface area contributed by atoms with Gasteiger partial charge in [-0.05, 0) is 110 Å². The zero-order valence-corrected chi connectivity index (χ0v) is 34.5. The Morgan fingerprint density at radius 1 is 0.274 bits per heavy atom. The van der Waals surface area contributed by atoms with Crippen molar-refractivity contribution in [3.63, 3.8) is 0 Å². The first-order valence-electron chi connectivity index (χ1n) is 21.7. The van der Waals surface area contributed by atoms with Gasteiger partial charge < -0.3 is 4.42 Å². The Morgan fingerprint density at radius 3 is 1.39 bits per heavy atom. The van der Waals surface area contributed by atoms with Gasteiger partial charge in [0.1, 0.15) is 11.2 Å². The van der Waals surface area contributed by atoms with Crippen LogP contribution in [0, 0.1) is 0 Å². The van der Waals surface area contributed by atoms with Crippen LogP contribution in [0.5, 0.6) is 0 Å². The summed E-state index contributed by atoms with van der Waals surface area (Å²) in [5.41, 5.74) is 16.9. The molecule has 0 aliphatic heterocycles. The zero-order chi connectivity index (χ0) is 41.1. The predicted molar refractivity (Wildman–Crippen MR) is 263 cm³/mol. The molecule has 0 bridgehead atoms. The standard InChI is InChI=1S/C61H40O/c1-61(2)58-39(28-15-31-53(58)57-45-22-7-3-17-40(45)41-18-5-12-27-50(41)59(57)61)37-33-35-38(36-34-37)55-46-23-8-10-25-48(46)56(49-26-11-9-24-47(49)55)44-21-6-4-19-42(44)51-29-16-30-52-43-20-13-14-32-54(43)62-60(51)52/h3-36H,1-2H3. The van der Waals surface area contributed by atoms with Crippen molar-refractivity contribution in [2.24, 2.45) is 0 Å². The molecule has 0 radical (unpaired) electrons. The summed E-state index contributed by atoms with van der Waals surface area (Å²) < 4.78 is 6.61. The smallest absolute Gasteiger partial charge is 0.143 e. The van der Waals surface area contributed by atoms with Gasteiger partial charge in [-0.3, -0.25) is 0 Å². The molecule has 0 fully saturated rings. The van der Waals surface area contributed by atoms with Gasteiger partial charge in [-0.1, -0.05) is 214 Å². The minimum Gasteiger partial charge on any atom is -0.455 e. The van der Waals surface area contributed by atoms with E-state index in [1.54, 1.807) is 0 Å². The first-order chi connectivity index (χ1) is 30.6. The van der Waals surface area contributed by atoms with E-state index >= 15 is 0 Å². The second-order valence-corrected chi connectivity index (χ2v) is 17.4. The zero-order valence-electron chi connectivity index (χ0n) is 34.5. The number of benzene rings is 11. The number of hydrogen-bond donors (Lipinski definition) is 0. The Balaban J connectivity index is 0.986. The molecule has 11 aromatic carbocycles. The summed E-state index contributed by atoms with van der Waals surface area (Å²) in [7, 11) is 0. The second kappa shape index (κ2) is 13.1. The highest BCUT2D eigenvalue weighted by Crippen LogP contribution is 2.57. The third-order valence-electron chi connectivity index (χ3n) is 13.8. The van der Waals surface area contributed by atoms with Gasteiger partial charge in [0.15, 0.2) is 0 Å². The van der Waals surface area contributed by atoms with Crippen LogP contribution in [0.1, 0.15) is 25.0 Å². The molecule has 0 saturated carbocycles. The van der Waals surface area contributed by atoms with E-state index in [9.17, 15) is 0 Å². The maximum Gasteiger partial charge on any atom is 0.143 e. The van der Waals surface area contributed by atoms with Crippen LogP contribution in [0.3, 0.4) is 0 Å². The number of furan rings is 1. The average Bonchev–Trinajstić information content (AvgIpc) is 3.83. The molecule has 12 aromatic rings. The van der Waals surface area contributed by atoms with Crippen molar-refractivity contribution in [2.75, 3.05) is 0 Å². The van der Waals surface area contributed by atoms with Crippen LogP contribution in [0.25, 0.3) is 121 Å². The Morgan fingerprint density at radius 2 is 0.710 bits per heavy atom. The molecule has 290 valence electrons. The predicted octanol–water partition coefficient (Wildman–Crippen LogP) is 17.2. The third-order valence-corrected chi connectivity index (χ3v) is 13.8. The van der Waals surface area contributed by atoms with E-state index in [2.05, 4.69) is 214 Å². The fraction of sp³-hybridized carbons (Fsp3) is 0.0492. The Bertz CT molecular complexity index is 3770. The summed E-state index contributed by atoms with van der Waals surface area (Å²) in [6.07, 6.45) is 0. The molecule has 0 saturated heterocycles. The van der Waals surface area contributed by atoms with Crippen molar-refractivity contribution >= 4 is 65.0 Å². The highest BCUT2D eigenvalue weighted by atomic mass is 16.3. The Kier molecular flexibility index (Phi) is 7.42. The van der Waals surface area contributed by atoms with Crippen LogP contribution in [0.2, 0.25) is 0 Å². The van der Waals surface area contributed by atoms with Crippen LogP contribution < -0.4 is 0 Å². The molecule has 1 aliphatic rings. The van der Waals surface area contributed by atoms with Crippen molar-refractivity contribution in [3.05, 3.63) is 217 Å². The normalized spacial score (nSPS) is 13.1. The van der Waals surface area contributed by atoms with E-state index in [-0.39, 0.29) is 5.41 Å². The van der Waals surface area contributed by atoms with Gasteiger partial charge in [0, 0.05) is 21.8 Å². The van der Waals surface area contributed by atoms with E-state index in [0.29, 0.717) is 0 Å². The molecule has 0 N–H and O–H groups in total. The average molecular weight is 789 g/mol. The summed E-state index contributed by atoms with van der Waals surface area (Å²) in [5, 5.41) is 12.5. The molecule has 1 heteroatoms. The Labute approximate surface area is 360 Å². The van der Waals surface area contributed by atoms with Gasteiger partial charge in [0.25, 0.3) is 0 Å². The Hall–Kier alpha value is -7.74. The van der Waals surface area contributed by atoms with Crippen LogP contribution >= 0.6 is 0 Å². The molecule has 1 heterocycles. The highest BCUT2D eigenvalue weighted by molar-refractivity contribution is 6.23. The molecular weight excluding hydrogens is 749 g/mol. The largest absolute Gasteiger partial charge is 0.455 e. The first kappa shape index (κ1) is 35.1. The molecule has 1 nitrogen and oxygen atoms in total. The molecule has 13 rings (SSSR count). The molecule has 1 aliphatic carbocycles. The SMILES string of the molecule is CC1(C)c2c(-c3ccc(-c4c5ccccc5c(-c5ccccc5-c5cccc6c5oc5ccccc56)c5ccccc45)cc3)cccc2-c2c1c1ccccc1c1ccccc21. The lowest BCUT2D eigenvalue weighted by atomic mass is 9.76. The summed E-state index contributed by atoms with van der Waals surface area (Å²) >= 11 is 0. The number of para-hydroxylation sites is 2. The van der Waals surface area contributed by atoms with Crippen molar-refractivity contribution in [1.29, 1.82) is 0 Å². The monoisotopic (exact) mass is 788 g/mol. The van der Waals surface area contributed by atoms with Crippen molar-refractivity contribution in [1.82, 2.24) is 0 Å². The lowest BCUT2D eigenvalue weighted by Gasteiger charge is -2.26. The van der Waals surface area contributed by atoms with Gasteiger partial charge in [-0.15, -0.1) is 0 Å². The minimum absolute atomic E-state index is 0.196. The van der Waals surface area contributed by atoms with Crippen LogP contribution in [0.15, 0.2) is 211 Å². The maximum absolute atomic E-state index is 6.61. The fourth-order valence-electron chi connectivity index (χ4n) is 11.3. The van der Waals surface area contributed by atoms with E-state index in [4.69, 9.17) is 4.42 Å². The van der Waals surface area contributed by atoms with Gasteiger partial charge >= 0.3 is 0 Å². The first-order valence-corrected chi connectivity index (χ1v) is 21.7. The lowest BCUT2D eigenvalue weighted by Crippen LogP contribution is -2.17. The van der Waals surface area contributed by atoms with Gasteiger partial charge in [-0.2, -0.15) is 0 Å². The molecule has 0 spiro atoms. The maximum atomic E-state index is 6.61. The quantitative estimate of drug-likeness (QED) is 0.128. The van der Waals surface area contributed by atoms with Crippen LogP contribution in [-0.4, -0.2) is 0 Å². The topological polar surface area (TPSA) is 13.1 Å². The van der Waals surface area contributed by atoms with Crippen LogP contribution in [0.4, 0.5) is 0 Å². The summed E-state index contributed by atoms with van der Waals surface area (Å²) in [6, 6.07) is 75.9. The van der Waals surface area contributed by atoms with Crippen LogP contribution in [-0.2, 0) is 5.41 Å². The molecule has 62 heavy (non-hydrogen) atoms. The van der Waals surface area contributed by atoms with Gasteiger partial charge in [0.05, 0.1) is 0 Å². The highest BCUT2D eigenvalue weighted by Gasteiger charge is 2.40. The molecular formula is C61H40O. The molecule has 0 amide bonds.